The van der Waals surface area contributed by atoms with Crippen LogP contribution in [0.15, 0.2) is 82.7 Å². The van der Waals surface area contributed by atoms with Gasteiger partial charge in [0.1, 0.15) is 17.3 Å². The summed E-state index contributed by atoms with van der Waals surface area (Å²) in [5.41, 5.74) is 1.78. The summed E-state index contributed by atoms with van der Waals surface area (Å²) in [5, 5.41) is 20.5. The molecule has 0 spiro atoms. The lowest BCUT2D eigenvalue weighted by Gasteiger charge is -2.22. The first-order valence-electron chi connectivity index (χ1n) is 12.9. The first-order valence-corrected chi connectivity index (χ1v) is 15.0. The van der Waals surface area contributed by atoms with Gasteiger partial charge in [-0.1, -0.05) is 72.3 Å². The highest BCUT2D eigenvalue weighted by Gasteiger charge is 2.48. The number of aliphatic hydroxyl groups excluding tert-OH is 1. The molecule has 1 N–H and O–H groups in total. The van der Waals surface area contributed by atoms with Crippen molar-refractivity contribution in [3.8, 4) is 5.75 Å². The van der Waals surface area contributed by atoms with Crippen LogP contribution in [0.1, 0.15) is 42.5 Å². The normalized spacial score (nSPS) is 16.4. The van der Waals surface area contributed by atoms with Gasteiger partial charge in [0.15, 0.2) is 4.34 Å². The number of amides is 1. The van der Waals surface area contributed by atoms with E-state index in [-0.39, 0.29) is 22.3 Å². The molecule has 1 amide bonds. The van der Waals surface area contributed by atoms with Crippen LogP contribution >= 0.6 is 34.7 Å². The molecule has 0 bridgehead atoms. The molecule has 1 aliphatic heterocycles. The first-order chi connectivity index (χ1) is 19.9. The molecule has 1 fully saturated rings. The number of halogens is 2. The molecule has 0 radical (unpaired) electrons. The van der Waals surface area contributed by atoms with E-state index in [4.69, 9.17) is 16.3 Å². The highest BCUT2D eigenvalue weighted by atomic mass is 35.5. The van der Waals surface area contributed by atoms with E-state index in [9.17, 15) is 19.1 Å². The van der Waals surface area contributed by atoms with Crippen LogP contribution < -0.4 is 9.64 Å². The smallest absolute Gasteiger partial charge is 0.301 e. The fourth-order valence-corrected chi connectivity index (χ4v) is 6.22. The Balaban J connectivity index is 1.47. The lowest BCUT2D eigenvalue weighted by molar-refractivity contribution is -0.132. The number of anilines is 1. The zero-order valence-corrected chi connectivity index (χ0v) is 24.3. The molecule has 7 nitrogen and oxygen atoms in total. The van der Waals surface area contributed by atoms with Crippen molar-refractivity contribution in [3.63, 3.8) is 0 Å². The second-order valence-corrected chi connectivity index (χ2v) is 11.8. The van der Waals surface area contributed by atoms with Gasteiger partial charge in [0.2, 0.25) is 5.13 Å². The maximum absolute atomic E-state index is 13.4. The third kappa shape index (κ3) is 6.45. The molecule has 210 valence electrons. The van der Waals surface area contributed by atoms with Crippen molar-refractivity contribution in [1.82, 2.24) is 10.2 Å². The summed E-state index contributed by atoms with van der Waals surface area (Å²) in [7, 11) is 0. The number of hydrogen-bond acceptors (Lipinski definition) is 8. The number of unbranched alkanes of at least 4 members (excludes halogenated alkanes) is 1. The molecule has 1 saturated heterocycles. The van der Waals surface area contributed by atoms with Crippen molar-refractivity contribution in [1.29, 1.82) is 0 Å². The van der Waals surface area contributed by atoms with Crippen molar-refractivity contribution in [2.75, 3.05) is 11.5 Å². The molecule has 5 rings (SSSR count). The van der Waals surface area contributed by atoms with E-state index in [1.54, 1.807) is 60.7 Å². The van der Waals surface area contributed by atoms with Crippen LogP contribution in [-0.2, 0) is 15.3 Å². The molecule has 4 aromatic rings. The summed E-state index contributed by atoms with van der Waals surface area (Å²) in [4.78, 5) is 28.1. The molecule has 1 aliphatic rings. The number of aliphatic hydroxyl groups is 1. The standard InChI is InChI=1S/C30H25ClFN3O4S2/c1-2-3-16-39-23-14-8-20(9-15-23)26(36)24-25(19-6-10-21(31)11-7-19)35(28(38)27(24)37)29-33-34-30(41-29)40-17-18-4-12-22(32)13-5-18/h4-15,25,36H,2-3,16-17H2,1H3. The van der Waals surface area contributed by atoms with Gasteiger partial charge in [-0.2, -0.15) is 0 Å². The van der Waals surface area contributed by atoms with E-state index >= 15 is 0 Å². The second-order valence-electron chi connectivity index (χ2n) is 9.21. The van der Waals surface area contributed by atoms with Crippen LogP contribution in [0.25, 0.3) is 5.76 Å². The summed E-state index contributed by atoms with van der Waals surface area (Å²) in [6.07, 6.45) is 1.93. The first kappa shape index (κ1) is 28.8. The minimum absolute atomic E-state index is 0.0623. The van der Waals surface area contributed by atoms with E-state index < -0.39 is 17.7 Å². The molecule has 1 atom stereocenters. The Kier molecular flexibility index (Phi) is 9.02. The topological polar surface area (TPSA) is 92.6 Å². The van der Waals surface area contributed by atoms with Gasteiger partial charge < -0.3 is 9.84 Å². The molecule has 0 saturated carbocycles. The van der Waals surface area contributed by atoms with Crippen molar-refractivity contribution in [2.45, 2.75) is 35.9 Å². The van der Waals surface area contributed by atoms with Crippen molar-refractivity contribution in [2.24, 2.45) is 0 Å². The van der Waals surface area contributed by atoms with Gasteiger partial charge in [-0.25, -0.2) is 4.39 Å². The van der Waals surface area contributed by atoms with E-state index in [0.717, 1.165) is 29.7 Å². The molecule has 41 heavy (non-hydrogen) atoms. The van der Waals surface area contributed by atoms with Gasteiger partial charge in [-0.05, 0) is 66.1 Å². The number of Topliss-reactive ketones (excluding diaryl/α,β-unsaturated/α-hetero) is 1. The van der Waals surface area contributed by atoms with Crippen molar-refractivity contribution >= 4 is 57.3 Å². The van der Waals surface area contributed by atoms with E-state index in [0.29, 0.717) is 38.6 Å². The van der Waals surface area contributed by atoms with Crippen LogP contribution in [-0.4, -0.2) is 33.6 Å². The molecule has 11 heteroatoms. The minimum atomic E-state index is -0.948. The average Bonchev–Trinajstić information content (AvgIpc) is 3.55. The number of aromatic nitrogens is 2. The molecular formula is C30H25ClFN3O4S2. The number of benzene rings is 3. The number of ketones is 1. The van der Waals surface area contributed by atoms with Gasteiger partial charge >= 0.3 is 5.91 Å². The zero-order valence-electron chi connectivity index (χ0n) is 21.9. The monoisotopic (exact) mass is 609 g/mol. The van der Waals surface area contributed by atoms with Gasteiger partial charge in [0, 0.05) is 16.3 Å². The number of hydrogen-bond donors (Lipinski definition) is 1. The van der Waals surface area contributed by atoms with Crippen molar-refractivity contribution in [3.05, 3.63) is 106 Å². The number of nitrogens with zero attached hydrogens (tertiary/aromatic N) is 3. The Bertz CT molecular complexity index is 1570. The van der Waals surface area contributed by atoms with Crippen LogP contribution in [0.5, 0.6) is 5.75 Å². The molecule has 1 aromatic heterocycles. The van der Waals surface area contributed by atoms with Gasteiger partial charge in [-0.15, -0.1) is 10.2 Å². The lowest BCUT2D eigenvalue weighted by atomic mass is 9.95. The predicted molar refractivity (Wildman–Crippen MR) is 159 cm³/mol. The third-order valence-corrected chi connectivity index (χ3v) is 8.78. The number of rotatable bonds is 10. The zero-order chi connectivity index (χ0) is 28.9. The van der Waals surface area contributed by atoms with Crippen LogP contribution in [0, 0.1) is 5.82 Å². The Morgan fingerprint density at radius 2 is 1.76 bits per heavy atom. The summed E-state index contributed by atoms with van der Waals surface area (Å²) in [5.74, 6) is -1.11. The van der Waals surface area contributed by atoms with E-state index in [1.165, 1.54) is 28.8 Å². The van der Waals surface area contributed by atoms with Gasteiger partial charge in [0.05, 0.1) is 18.2 Å². The molecule has 0 aliphatic carbocycles. The molecule has 3 aromatic carbocycles. The van der Waals surface area contributed by atoms with Gasteiger partial charge in [-0.3, -0.25) is 14.5 Å². The lowest BCUT2D eigenvalue weighted by Crippen LogP contribution is -2.29. The maximum atomic E-state index is 13.4. The summed E-state index contributed by atoms with van der Waals surface area (Å²) < 4.78 is 19.5. The summed E-state index contributed by atoms with van der Waals surface area (Å²) in [6.45, 7) is 2.65. The molecule has 1 unspecified atom stereocenters. The third-order valence-electron chi connectivity index (χ3n) is 6.40. The predicted octanol–water partition coefficient (Wildman–Crippen LogP) is 7.43. The number of ether oxygens (including phenoxy) is 1. The highest BCUT2D eigenvalue weighted by Crippen LogP contribution is 2.44. The Morgan fingerprint density at radius 3 is 2.44 bits per heavy atom. The number of thioether (sulfide) groups is 1. The maximum Gasteiger partial charge on any atom is 0.301 e. The number of carbonyl (C=O) groups is 2. The summed E-state index contributed by atoms with van der Waals surface area (Å²) >= 11 is 8.65. The van der Waals surface area contributed by atoms with Gasteiger partial charge in [0.25, 0.3) is 5.78 Å². The molecular weight excluding hydrogens is 585 g/mol. The van der Waals surface area contributed by atoms with E-state index in [2.05, 4.69) is 17.1 Å². The van der Waals surface area contributed by atoms with Crippen molar-refractivity contribution < 1.29 is 23.8 Å². The largest absolute Gasteiger partial charge is 0.507 e. The van der Waals surface area contributed by atoms with Crippen LogP contribution in [0.4, 0.5) is 9.52 Å². The minimum Gasteiger partial charge on any atom is -0.507 e. The Hall–Kier alpha value is -3.73. The Morgan fingerprint density at radius 1 is 1.05 bits per heavy atom. The highest BCUT2D eigenvalue weighted by molar-refractivity contribution is 8.00. The fourth-order valence-electron chi connectivity index (χ4n) is 4.27. The van der Waals surface area contributed by atoms with E-state index in [1.807, 2.05) is 0 Å². The second kappa shape index (κ2) is 12.8. The fraction of sp³-hybridized carbons (Fsp3) is 0.200. The quantitative estimate of drug-likeness (QED) is 0.0499. The molecule has 2 heterocycles. The average molecular weight is 610 g/mol. The Labute approximate surface area is 249 Å². The summed E-state index contributed by atoms with van der Waals surface area (Å²) in [6, 6.07) is 18.7. The van der Waals surface area contributed by atoms with Crippen LogP contribution in [0.2, 0.25) is 5.02 Å². The SMILES string of the molecule is CCCCOc1ccc(C(O)=C2C(=O)C(=O)N(c3nnc(SCc4ccc(F)cc4)s3)C2c2ccc(Cl)cc2)cc1. The number of carbonyl (C=O) groups excluding carboxylic acids is 2. The van der Waals surface area contributed by atoms with Crippen LogP contribution in [0.3, 0.4) is 0 Å².